The zero-order chi connectivity index (χ0) is 16.0. The van der Waals surface area contributed by atoms with Gasteiger partial charge in [-0.2, -0.15) is 10.2 Å². The van der Waals surface area contributed by atoms with Crippen LogP contribution in [-0.4, -0.2) is 42.2 Å². The van der Waals surface area contributed by atoms with Gasteiger partial charge < -0.3 is 9.84 Å². The number of carboxylic acid groups (broad SMARTS) is 1. The molecule has 0 radical (unpaired) electrons. The summed E-state index contributed by atoms with van der Waals surface area (Å²) in [6.45, 7) is 1.58. The van der Waals surface area contributed by atoms with Crippen LogP contribution in [0.15, 0.2) is 29.1 Å². The summed E-state index contributed by atoms with van der Waals surface area (Å²) in [4.78, 5) is 17.1. The standard InChI is InChI=1S/C13H11BrN6O3/c14-8-3-10(12-15-7-16-19(12)5-8)20(13(21)22)11-4-9-6-23-2-1-18(9)17-11/h3-5,7H,1-2,6H2,(H,21,22). The Labute approximate surface area is 138 Å². The van der Waals surface area contributed by atoms with Gasteiger partial charge in [0.1, 0.15) is 6.33 Å². The summed E-state index contributed by atoms with van der Waals surface area (Å²) in [5.74, 6) is 0.306. The molecule has 118 valence electrons. The van der Waals surface area contributed by atoms with Gasteiger partial charge in [-0.15, -0.1) is 0 Å². The molecule has 0 unspecified atom stereocenters. The second-order valence-corrected chi connectivity index (χ2v) is 5.88. The number of amides is 1. The van der Waals surface area contributed by atoms with E-state index >= 15 is 0 Å². The second kappa shape index (κ2) is 5.32. The van der Waals surface area contributed by atoms with E-state index in [4.69, 9.17) is 4.74 Å². The number of pyridine rings is 1. The SMILES string of the molecule is O=C(O)N(c1cc2n(n1)CCOC2)c1cc(Br)cn2ncnc12. The zero-order valence-corrected chi connectivity index (χ0v) is 13.3. The van der Waals surface area contributed by atoms with Crippen LogP contribution >= 0.6 is 15.9 Å². The molecule has 1 amide bonds. The first-order chi connectivity index (χ1) is 11.1. The predicted octanol–water partition coefficient (Wildman–Crippen LogP) is 2.03. The largest absolute Gasteiger partial charge is 0.464 e. The van der Waals surface area contributed by atoms with E-state index in [0.29, 0.717) is 41.4 Å². The summed E-state index contributed by atoms with van der Waals surface area (Å²) in [5, 5.41) is 18.1. The fourth-order valence-electron chi connectivity index (χ4n) is 2.55. The van der Waals surface area contributed by atoms with Crippen LogP contribution < -0.4 is 4.90 Å². The van der Waals surface area contributed by atoms with Crippen LogP contribution in [0.2, 0.25) is 0 Å². The maximum absolute atomic E-state index is 11.9. The number of halogens is 1. The molecule has 3 aromatic heterocycles. The smallest absolute Gasteiger partial charge is 0.417 e. The van der Waals surface area contributed by atoms with E-state index in [9.17, 15) is 9.90 Å². The number of hydrogen-bond acceptors (Lipinski definition) is 5. The molecule has 0 bridgehead atoms. The third-order valence-electron chi connectivity index (χ3n) is 3.53. The Hall–Kier alpha value is -2.46. The lowest BCUT2D eigenvalue weighted by Crippen LogP contribution is -2.25. The van der Waals surface area contributed by atoms with Gasteiger partial charge in [-0.3, -0.25) is 4.68 Å². The molecule has 0 atom stereocenters. The van der Waals surface area contributed by atoms with Crippen LogP contribution in [0.5, 0.6) is 0 Å². The van der Waals surface area contributed by atoms with E-state index in [2.05, 4.69) is 31.1 Å². The highest BCUT2D eigenvalue weighted by atomic mass is 79.9. The summed E-state index contributed by atoms with van der Waals surface area (Å²) in [6.07, 6.45) is 1.93. The molecular weight excluding hydrogens is 368 g/mol. The van der Waals surface area contributed by atoms with E-state index in [0.717, 1.165) is 10.6 Å². The van der Waals surface area contributed by atoms with Gasteiger partial charge in [0.15, 0.2) is 11.5 Å². The lowest BCUT2D eigenvalue weighted by molar-refractivity contribution is 0.0801. The molecule has 0 fully saturated rings. The van der Waals surface area contributed by atoms with Crippen LogP contribution in [0.25, 0.3) is 5.65 Å². The third kappa shape index (κ3) is 2.35. The monoisotopic (exact) mass is 378 g/mol. The Morgan fingerprint density at radius 2 is 2.30 bits per heavy atom. The van der Waals surface area contributed by atoms with E-state index in [1.165, 1.54) is 10.8 Å². The lowest BCUT2D eigenvalue weighted by atomic mass is 10.3. The van der Waals surface area contributed by atoms with E-state index in [1.54, 1.807) is 23.0 Å². The topological polar surface area (TPSA) is 97.8 Å². The molecule has 0 spiro atoms. The van der Waals surface area contributed by atoms with Gasteiger partial charge in [-0.25, -0.2) is 19.2 Å². The summed E-state index contributed by atoms with van der Waals surface area (Å²) in [7, 11) is 0. The zero-order valence-electron chi connectivity index (χ0n) is 11.8. The summed E-state index contributed by atoms with van der Waals surface area (Å²) >= 11 is 3.36. The first-order valence-electron chi connectivity index (χ1n) is 6.80. The van der Waals surface area contributed by atoms with Crippen LogP contribution in [0, 0.1) is 0 Å². The fourth-order valence-corrected chi connectivity index (χ4v) is 2.96. The second-order valence-electron chi connectivity index (χ2n) is 4.96. The van der Waals surface area contributed by atoms with Gasteiger partial charge in [-0.1, -0.05) is 0 Å². The highest BCUT2D eigenvalue weighted by molar-refractivity contribution is 9.10. The first kappa shape index (κ1) is 14.2. The molecule has 0 saturated heterocycles. The maximum atomic E-state index is 11.9. The number of nitrogens with zero attached hydrogens (tertiary/aromatic N) is 6. The Morgan fingerprint density at radius 3 is 3.09 bits per heavy atom. The molecule has 1 aliphatic rings. The Kier molecular flexibility index (Phi) is 3.27. The number of aromatic nitrogens is 5. The van der Waals surface area contributed by atoms with Gasteiger partial charge >= 0.3 is 6.09 Å². The van der Waals surface area contributed by atoms with Gasteiger partial charge in [0.05, 0.1) is 31.1 Å². The molecule has 1 N–H and O–H groups in total. The van der Waals surface area contributed by atoms with Gasteiger partial charge in [0, 0.05) is 16.7 Å². The van der Waals surface area contributed by atoms with Crippen molar-refractivity contribution in [2.75, 3.05) is 11.5 Å². The van der Waals surface area contributed by atoms with Crippen molar-refractivity contribution in [1.29, 1.82) is 0 Å². The van der Waals surface area contributed by atoms with Crippen molar-refractivity contribution in [2.45, 2.75) is 13.2 Å². The van der Waals surface area contributed by atoms with Crippen molar-refractivity contribution in [2.24, 2.45) is 0 Å². The minimum absolute atomic E-state index is 0.306. The number of rotatable bonds is 2. The lowest BCUT2D eigenvalue weighted by Gasteiger charge is -2.17. The highest BCUT2D eigenvalue weighted by Crippen LogP contribution is 2.31. The van der Waals surface area contributed by atoms with Crippen LogP contribution in [0.1, 0.15) is 5.69 Å². The van der Waals surface area contributed by atoms with Crippen molar-refractivity contribution in [3.8, 4) is 0 Å². The van der Waals surface area contributed by atoms with E-state index < -0.39 is 6.09 Å². The average molecular weight is 379 g/mol. The van der Waals surface area contributed by atoms with Crippen molar-refractivity contribution in [3.05, 3.63) is 34.8 Å². The van der Waals surface area contributed by atoms with Gasteiger partial charge in [0.25, 0.3) is 0 Å². The van der Waals surface area contributed by atoms with Crippen LogP contribution in [-0.2, 0) is 17.9 Å². The molecule has 3 aromatic rings. The number of ether oxygens (including phenoxy) is 1. The summed E-state index contributed by atoms with van der Waals surface area (Å²) in [5.41, 5.74) is 1.64. The summed E-state index contributed by atoms with van der Waals surface area (Å²) in [6, 6.07) is 3.38. The van der Waals surface area contributed by atoms with Gasteiger partial charge in [-0.05, 0) is 22.0 Å². The van der Waals surface area contributed by atoms with Crippen molar-refractivity contribution in [1.82, 2.24) is 24.4 Å². The van der Waals surface area contributed by atoms with Crippen molar-refractivity contribution in [3.63, 3.8) is 0 Å². The first-order valence-corrected chi connectivity index (χ1v) is 7.59. The number of anilines is 2. The number of carbonyl (C=O) groups is 1. The van der Waals surface area contributed by atoms with Crippen molar-refractivity contribution >= 4 is 39.2 Å². The Balaban J connectivity index is 1.89. The molecule has 0 saturated carbocycles. The number of fused-ring (bicyclic) bond motifs is 2. The van der Waals surface area contributed by atoms with E-state index in [-0.39, 0.29) is 0 Å². The minimum Gasteiger partial charge on any atom is -0.464 e. The van der Waals surface area contributed by atoms with Crippen molar-refractivity contribution < 1.29 is 14.6 Å². The molecular formula is C13H11BrN6O3. The molecule has 0 aliphatic carbocycles. The average Bonchev–Trinajstić information content (AvgIpc) is 3.12. The normalized spacial score (nSPS) is 14.0. The number of hydrogen-bond donors (Lipinski definition) is 1. The molecule has 4 rings (SSSR count). The third-order valence-corrected chi connectivity index (χ3v) is 3.97. The summed E-state index contributed by atoms with van der Waals surface area (Å²) < 4.78 is 9.32. The highest BCUT2D eigenvalue weighted by Gasteiger charge is 2.26. The quantitative estimate of drug-likeness (QED) is 0.732. The molecule has 1 aliphatic heterocycles. The van der Waals surface area contributed by atoms with Crippen LogP contribution in [0.4, 0.5) is 16.3 Å². The molecule has 23 heavy (non-hydrogen) atoms. The molecule has 9 nitrogen and oxygen atoms in total. The van der Waals surface area contributed by atoms with Gasteiger partial charge in [0.2, 0.25) is 0 Å². The molecule has 4 heterocycles. The predicted molar refractivity (Wildman–Crippen MR) is 82.7 cm³/mol. The van der Waals surface area contributed by atoms with E-state index in [1.807, 2.05) is 0 Å². The van der Waals surface area contributed by atoms with Crippen LogP contribution in [0.3, 0.4) is 0 Å². The maximum Gasteiger partial charge on any atom is 0.417 e. The minimum atomic E-state index is -1.15. The molecule has 0 aromatic carbocycles. The fraction of sp³-hybridized carbons (Fsp3) is 0.231. The Morgan fingerprint density at radius 1 is 1.43 bits per heavy atom. The molecule has 10 heteroatoms. The Bertz CT molecular complexity index is 881.